The maximum Gasteiger partial charge on any atom is 0.308 e. The largest absolute Gasteiger partial charge is 0.427 e. The molecule has 2 aromatic carbocycles. The molecule has 4 rings (SSSR count). The third-order valence-electron chi connectivity index (χ3n) is 5.02. The molecule has 8 heteroatoms. The number of thioether (sulfide) groups is 1. The van der Waals surface area contributed by atoms with Gasteiger partial charge in [-0.2, -0.15) is 0 Å². The van der Waals surface area contributed by atoms with E-state index in [2.05, 4.69) is 0 Å². The van der Waals surface area contributed by atoms with Crippen LogP contribution in [0.15, 0.2) is 53.4 Å². The van der Waals surface area contributed by atoms with E-state index in [1.807, 2.05) is 31.2 Å². The molecule has 0 aromatic heterocycles. The van der Waals surface area contributed by atoms with Crippen molar-refractivity contribution in [1.82, 2.24) is 0 Å². The summed E-state index contributed by atoms with van der Waals surface area (Å²) in [7, 11) is 0. The Morgan fingerprint density at radius 1 is 1.03 bits per heavy atom. The Balaban J connectivity index is 1.41. The Morgan fingerprint density at radius 3 is 2.40 bits per heavy atom. The van der Waals surface area contributed by atoms with E-state index in [1.54, 1.807) is 24.3 Å². The molecule has 0 bridgehead atoms. The van der Waals surface area contributed by atoms with E-state index in [4.69, 9.17) is 18.9 Å². The van der Waals surface area contributed by atoms with Crippen LogP contribution in [-0.2, 0) is 19.0 Å². The third-order valence-corrected chi connectivity index (χ3v) is 6.19. The first kappa shape index (κ1) is 21.3. The van der Waals surface area contributed by atoms with Gasteiger partial charge in [-0.3, -0.25) is 4.79 Å². The second-order valence-electron chi connectivity index (χ2n) is 7.38. The third kappa shape index (κ3) is 4.69. The summed E-state index contributed by atoms with van der Waals surface area (Å²) in [5.74, 6) is 0.0256. The standard InChI is InChI=1S/C22H24O7S/c1-12-3-9-16(10-4-12)30-22-19(25)18(24)20-17(28-22)11-26-21(29-20)14-5-7-15(8-6-14)27-13(2)23/h3-10,17-22,24-25H,11H2,1-2H3/t17-,18-,19-,20-,21?,22+/m1/s1. The van der Waals surface area contributed by atoms with Crippen LogP contribution in [0.4, 0.5) is 0 Å². The van der Waals surface area contributed by atoms with Crippen LogP contribution < -0.4 is 4.74 Å². The van der Waals surface area contributed by atoms with Gasteiger partial charge in [-0.1, -0.05) is 41.6 Å². The normalized spacial score (nSPS) is 31.1. The number of fused-ring (bicyclic) bond motifs is 1. The summed E-state index contributed by atoms with van der Waals surface area (Å²) in [6.07, 6.45) is -4.16. The summed E-state index contributed by atoms with van der Waals surface area (Å²) in [6, 6.07) is 14.6. The van der Waals surface area contributed by atoms with Crippen molar-refractivity contribution in [3.8, 4) is 5.75 Å². The average molecular weight is 432 g/mol. The van der Waals surface area contributed by atoms with E-state index in [1.165, 1.54) is 18.7 Å². The number of hydrogen-bond donors (Lipinski definition) is 2. The quantitative estimate of drug-likeness (QED) is 0.562. The average Bonchev–Trinajstić information content (AvgIpc) is 2.73. The highest BCUT2D eigenvalue weighted by Crippen LogP contribution is 2.39. The molecule has 0 amide bonds. The fourth-order valence-corrected chi connectivity index (χ4v) is 4.51. The van der Waals surface area contributed by atoms with Gasteiger partial charge in [0, 0.05) is 17.4 Å². The van der Waals surface area contributed by atoms with Gasteiger partial charge in [0.25, 0.3) is 0 Å². The second-order valence-corrected chi connectivity index (χ2v) is 8.56. The van der Waals surface area contributed by atoms with E-state index >= 15 is 0 Å². The number of benzene rings is 2. The van der Waals surface area contributed by atoms with E-state index in [0.717, 1.165) is 10.5 Å². The maximum absolute atomic E-state index is 11.0. The van der Waals surface area contributed by atoms with Gasteiger partial charge in [0.05, 0.1) is 6.61 Å². The summed E-state index contributed by atoms with van der Waals surface area (Å²) < 4.78 is 22.7. The number of esters is 1. The molecule has 7 nitrogen and oxygen atoms in total. The number of rotatable bonds is 4. The van der Waals surface area contributed by atoms with Crippen LogP contribution in [-0.4, -0.2) is 52.6 Å². The minimum atomic E-state index is -1.11. The van der Waals surface area contributed by atoms with Crippen molar-refractivity contribution in [2.24, 2.45) is 0 Å². The van der Waals surface area contributed by atoms with E-state index in [0.29, 0.717) is 11.3 Å². The monoisotopic (exact) mass is 432 g/mol. The Kier molecular flexibility index (Phi) is 6.43. The van der Waals surface area contributed by atoms with Gasteiger partial charge in [-0.15, -0.1) is 0 Å². The van der Waals surface area contributed by atoms with Crippen LogP contribution >= 0.6 is 11.8 Å². The Hall–Kier alpha value is -1.94. The molecule has 0 spiro atoms. The van der Waals surface area contributed by atoms with Crippen molar-refractivity contribution in [3.63, 3.8) is 0 Å². The lowest BCUT2D eigenvalue weighted by molar-refractivity contribution is -0.318. The number of hydrogen-bond acceptors (Lipinski definition) is 8. The fourth-order valence-electron chi connectivity index (χ4n) is 3.45. The number of aliphatic hydroxyl groups is 2. The van der Waals surface area contributed by atoms with Gasteiger partial charge in [0.15, 0.2) is 6.29 Å². The van der Waals surface area contributed by atoms with Crippen LogP contribution in [0, 0.1) is 6.92 Å². The zero-order chi connectivity index (χ0) is 21.3. The van der Waals surface area contributed by atoms with Gasteiger partial charge in [-0.25, -0.2) is 0 Å². The molecule has 160 valence electrons. The molecule has 30 heavy (non-hydrogen) atoms. The van der Waals surface area contributed by atoms with Crippen LogP contribution in [0.3, 0.4) is 0 Å². The molecule has 0 saturated carbocycles. The molecule has 2 fully saturated rings. The van der Waals surface area contributed by atoms with Gasteiger partial charge < -0.3 is 29.2 Å². The lowest BCUT2D eigenvalue weighted by atomic mass is 9.99. The smallest absolute Gasteiger partial charge is 0.308 e. The number of carbonyl (C=O) groups excluding carboxylic acids is 1. The summed E-state index contributed by atoms with van der Waals surface area (Å²) in [4.78, 5) is 12.0. The molecule has 2 aliphatic rings. The van der Waals surface area contributed by atoms with Crippen molar-refractivity contribution in [1.29, 1.82) is 0 Å². The van der Waals surface area contributed by atoms with E-state index in [-0.39, 0.29) is 6.61 Å². The maximum atomic E-state index is 11.0. The molecule has 0 radical (unpaired) electrons. The molecule has 6 atom stereocenters. The van der Waals surface area contributed by atoms with E-state index in [9.17, 15) is 15.0 Å². The number of ether oxygens (including phenoxy) is 4. The predicted molar refractivity (Wildman–Crippen MR) is 109 cm³/mol. The highest BCUT2D eigenvalue weighted by Gasteiger charge is 2.49. The second kappa shape index (κ2) is 9.05. The molecule has 2 heterocycles. The van der Waals surface area contributed by atoms with Crippen LogP contribution in [0.5, 0.6) is 5.75 Å². The van der Waals surface area contributed by atoms with E-state index < -0.39 is 42.1 Å². The lowest BCUT2D eigenvalue weighted by Crippen LogP contribution is -2.60. The molecule has 2 aromatic rings. The first-order chi connectivity index (χ1) is 14.4. The highest BCUT2D eigenvalue weighted by atomic mass is 32.2. The molecule has 2 saturated heterocycles. The zero-order valence-electron chi connectivity index (χ0n) is 16.6. The van der Waals surface area contributed by atoms with Crippen LogP contribution in [0.1, 0.15) is 24.3 Å². The van der Waals surface area contributed by atoms with Gasteiger partial charge in [0.1, 0.15) is 35.6 Å². The Labute approximate surface area is 178 Å². The first-order valence-electron chi connectivity index (χ1n) is 9.71. The van der Waals surface area contributed by atoms with Crippen LogP contribution in [0.25, 0.3) is 0 Å². The number of aliphatic hydroxyl groups excluding tert-OH is 2. The fraction of sp³-hybridized carbons (Fsp3) is 0.409. The number of carbonyl (C=O) groups is 1. The lowest BCUT2D eigenvalue weighted by Gasteiger charge is -2.46. The van der Waals surface area contributed by atoms with Crippen LogP contribution in [0.2, 0.25) is 0 Å². The van der Waals surface area contributed by atoms with Gasteiger partial charge in [-0.05, 0) is 31.2 Å². The summed E-state index contributed by atoms with van der Waals surface area (Å²) in [5, 5.41) is 21.3. The highest BCUT2D eigenvalue weighted by molar-refractivity contribution is 7.99. The molecule has 2 N–H and O–H groups in total. The minimum Gasteiger partial charge on any atom is -0.427 e. The molecular formula is C22H24O7S. The molecule has 1 unspecified atom stereocenters. The zero-order valence-corrected chi connectivity index (χ0v) is 17.5. The SMILES string of the molecule is CC(=O)Oc1ccc(C2OC[C@H]3O[C@@H](Sc4ccc(C)cc4)[C@H](O)[C@@H](O)[C@@H]3O2)cc1. The van der Waals surface area contributed by atoms with Crippen molar-refractivity contribution in [2.45, 2.75) is 54.9 Å². The Morgan fingerprint density at radius 2 is 1.73 bits per heavy atom. The van der Waals surface area contributed by atoms with Crippen molar-refractivity contribution in [3.05, 3.63) is 59.7 Å². The van der Waals surface area contributed by atoms with Gasteiger partial charge >= 0.3 is 5.97 Å². The molecule has 2 aliphatic heterocycles. The minimum absolute atomic E-state index is 0.218. The van der Waals surface area contributed by atoms with Crippen molar-refractivity contribution in [2.75, 3.05) is 6.61 Å². The molecule has 0 aliphatic carbocycles. The molecular weight excluding hydrogens is 408 g/mol. The van der Waals surface area contributed by atoms with Crippen molar-refractivity contribution < 1.29 is 34.0 Å². The first-order valence-corrected chi connectivity index (χ1v) is 10.6. The summed E-state index contributed by atoms with van der Waals surface area (Å²) in [6.45, 7) is 3.56. The summed E-state index contributed by atoms with van der Waals surface area (Å²) in [5.41, 5.74) is 1.23. The topological polar surface area (TPSA) is 94.5 Å². The summed E-state index contributed by atoms with van der Waals surface area (Å²) >= 11 is 1.36. The van der Waals surface area contributed by atoms with Crippen molar-refractivity contribution >= 4 is 17.7 Å². The number of aryl methyl sites for hydroxylation is 1. The predicted octanol–water partition coefficient (Wildman–Crippen LogP) is 2.57. The Bertz CT molecular complexity index is 868. The van der Waals surface area contributed by atoms with Gasteiger partial charge in [0.2, 0.25) is 0 Å².